The molecule has 27 heavy (non-hydrogen) atoms. The van der Waals surface area contributed by atoms with Crippen molar-refractivity contribution in [2.45, 2.75) is 32.5 Å². The topological polar surface area (TPSA) is 76.6 Å². The van der Waals surface area contributed by atoms with Crippen LogP contribution in [0.3, 0.4) is 0 Å². The molecule has 0 bridgehead atoms. The molecule has 1 atom stereocenters. The molecule has 0 unspecified atom stereocenters. The smallest absolute Gasteiger partial charge is 0.226 e. The Hall–Kier alpha value is -2.38. The fraction of sp³-hybridized carbons (Fsp3) is 0.350. The van der Waals surface area contributed by atoms with E-state index in [1.54, 1.807) is 6.26 Å². The zero-order chi connectivity index (χ0) is 18.9. The van der Waals surface area contributed by atoms with Gasteiger partial charge in [-0.25, -0.2) is 13.4 Å². The van der Waals surface area contributed by atoms with Crippen molar-refractivity contribution in [3.05, 3.63) is 65.9 Å². The van der Waals surface area contributed by atoms with Gasteiger partial charge in [-0.2, -0.15) is 0 Å². The zero-order valence-electron chi connectivity index (χ0n) is 15.2. The molecule has 2 aromatic heterocycles. The van der Waals surface area contributed by atoms with Gasteiger partial charge in [0, 0.05) is 18.2 Å². The molecule has 142 valence electrons. The van der Waals surface area contributed by atoms with E-state index in [9.17, 15) is 8.42 Å². The van der Waals surface area contributed by atoms with Crippen molar-refractivity contribution < 1.29 is 17.3 Å². The van der Waals surface area contributed by atoms with Crippen LogP contribution in [0.25, 0.3) is 11.5 Å². The van der Waals surface area contributed by atoms with Crippen LogP contribution in [0.5, 0.6) is 0 Å². The number of rotatable bonds is 6. The van der Waals surface area contributed by atoms with Crippen LogP contribution in [0.1, 0.15) is 23.6 Å². The van der Waals surface area contributed by atoms with Crippen molar-refractivity contribution >= 4 is 9.84 Å². The molecule has 0 spiro atoms. The second-order valence-electron chi connectivity index (χ2n) is 6.93. The van der Waals surface area contributed by atoms with Gasteiger partial charge in [0.15, 0.2) is 9.84 Å². The summed E-state index contributed by atoms with van der Waals surface area (Å²) in [5.74, 6) is 2.55. The summed E-state index contributed by atoms with van der Waals surface area (Å²) >= 11 is 0. The second-order valence-corrected chi connectivity index (χ2v) is 9.16. The maximum absolute atomic E-state index is 12.0. The van der Waals surface area contributed by atoms with Gasteiger partial charge in [-0.15, -0.1) is 0 Å². The molecule has 1 aromatic carbocycles. The highest BCUT2D eigenvalue weighted by Crippen LogP contribution is 2.26. The lowest BCUT2D eigenvalue weighted by atomic mass is 10.2. The van der Waals surface area contributed by atoms with E-state index in [0.29, 0.717) is 25.4 Å². The normalized spacial score (nSPS) is 19.0. The van der Waals surface area contributed by atoms with Gasteiger partial charge in [0.1, 0.15) is 11.5 Å². The summed E-state index contributed by atoms with van der Waals surface area (Å²) in [4.78, 5) is 6.80. The number of oxazole rings is 1. The minimum Gasteiger partial charge on any atom is -0.468 e. The van der Waals surface area contributed by atoms with E-state index in [1.165, 1.54) is 0 Å². The number of aromatic nitrogens is 1. The number of aryl methyl sites for hydroxylation is 1. The van der Waals surface area contributed by atoms with Gasteiger partial charge in [0.25, 0.3) is 0 Å². The van der Waals surface area contributed by atoms with Crippen LogP contribution in [0.4, 0.5) is 0 Å². The van der Waals surface area contributed by atoms with Crippen LogP contribution in [-0.4, -0.2) is 35.8 Å². The summed E-state index contributed by atoms with van der Waals surface area (Å²) < 4.78 is 35.3. The molecule has 1 aliphatic rings. The largest absolute Gasteiger partial charge is 0.468 e. The van der Waals surface area contributed by atoms with E-state index in [2.05, 4.69) is 9.88 Å². The van der Waals surface area contributed by atoms with Gasteiger partial charge >= 0.3 is 0 Å². The predicted octanol–water partition coefficient (Wildman–Crippen LogP) is 3.43. The van der Waals surface area contributed by atoms with E-state index in [1.807, 2.05) is 49.4 Å². The maximum Gasteiger partial charge on any atom is 0.226 e. The second kappa shape index (κ2) is 7.32. The lowest BCUT2D eigenvalue weighted by Crippen LogP contribution is -2.35. The minimum absolute atomic E-state index is 0.0450. The Kier molecular flexibility index (Phi) is 4.88. The highest BCUT2D eigenvalue weighted by atomic mass is 32.2. The molecule has 6 nitrogen and oxygen atoms in total. The summed E-state index contributed by atoms with van der Waals surface area (Å²) in [7, 11) is -2.98. The van der Waals surface area contributed by atoms with Crippen LogP contribution in [-0.2, 0) is 22.9 Å². The monoisotopic (exact) mass is 386 g/mol. The van der Waals surface area contributed by atoms with Gasteiger partial charge in [-0.1, -0.05) is 18.2 Å². The summed E-state index contributed by atoms with van der Waals surface area (Å²) in [6.07, 6.45) is 2.26. The highest BCUT2D eigenvalue weighted by Gasteiger charge is 2.33. The fourth-order valence-corrected chi connectivity index (χ4v) is 5.21. The number of sulfone groups is 1. The van der Waals surface area contributed by atoms with E-state index in [4.69, 9.17) is 8.83 Å². The molecule has 7 heteroatoms. The van der Waals surface area contributed by atoms with Crippen molar-refractivity contribution in [2.75, 3.05) is 11.5 Å². The number of nitrogens with zero attached hydrogens (tertiary/aromatic N) is 2. The molecule has 0 saturated carbocycles. The molecular weight excluding hydrogens is 364 g/mol. The molecule has 4 rings (SSSR count). The summed E-state index contributed by atoms with van der Waals surface area (Å²) in [6.45, 7) is 2.95. The first-order valence-corrected chi connectivity index (χ1v) is 10.8. The van der Waals surface area contributed by atoms with Crippen LogP contribution < -0.4 is 0 Å². The SMILES string of the molecule is Cc1oc(-c2ccccc2)nc1CN(Cc1ccco1)[C@@H]1CCS(=O)(=O)C1. The molecular formula is C20H22N2O4S. The average molecular weight is 386 g/mol. The van der Waals surface area contributed by atoms with E-state index in [-0.39, 0.29) is 17.5 Å². The Bertz CT molecular complexity index is 994. The Morgan fingerprint density at radius 1 is 1.15 bits per heavy atom. The Balaban J connectivity index is 1.59. The Morgan fingerprint density at radius 2 is 1.96 bits per heavy atom. The van der Waals surface area contributed by atoms with Gasteiger partial charge < -0.3 is 8.83 Å². The first-order chi connectivity index (χ1) is 13.0. The van der Waals surface area contributed by atoms with Crippen LogP contribution in [0, 0.1) is 6.92 Å². The predicted molar refractivity (Wildman–Crippen MR) is 102 cm³/mol. The van der Waals surface area contributed by atoms with E-state index < -0.39 is 9.84 Å². The maximum atomic E-state index is 12.0. The van der Waals surface area contributed by atoms with Crippen molar-refractivity contribution in [1.29, 1.82) is 0 Å². The molecule has 0 radical (unpaired) electrons. The summed E-state index contributed by atoms with van der Waals surface area (Å²) in [6, 6.07) is 13.5. The molecule has 0 amide bonds. The van der Waals surface area contributed by atoms with Crippen molar-refractivity contribution in [3.63, 3.8) is 0 Å². The molecule has 0 N–H and O–H groups in total. The number of hydrogen-bond acceptors (Lipinski definition) is 6. The first kappa shape index (κ1) is 18.0. The molecule has 3 heterocycles. The quantitative estimate of drug-likeness (QED) is 0.646. The minimum atomic E-state index is -2.98. The van der Waals surface area contributed by atoms with Crippen LogP contribution >= 0.6 is 0 Å². The third kappa shape index (κ3) is 4.14. The van der Waals surface area contributed by atoms with Crippen molar-refractivity contribution in [1.82, 2.24) is 9.88 Å². The number of hydrogen-bond donors (Lipinski definition) is 0. The van der Waals surface area contributed by atoms with Crippen LogP contribution in [0.2, 0.25) is 0 Å². The van der Waals surface area contributed by atoms with Crippen LogP contribution in [0.15, 0.2) is 57.6 Å². The highest BCUT2D eigenvalue weighted by molar-refractivity contribution is 7.91. The lowest BCUT2D eigenvalue weighted by Gasteiger charge is -2.26. The first-order valence-electron chi connectivity index (χ1n) is 8.99. The van der Waals surface area contributed by atoms with Gasteiger partial charge in [0.05, 0.1) is 30.0 Å². The Labute approximate surface area is 158 Å². The third-order valence-corrected chi connectivity index (χ3v) is 6.68. The fourth-order valence-electron chi connectivity index (χ4n) is 3.45. The zero-order valence-corrected chi connectivity index (χ0v) is 16.0. The Morgan fingerprint density at radius 3 is 2.63 bits per heavy atom. The average Bonchev–Trinajstić information content (AvgIpc) is 3.37. The summed E-state index contributed by atoms with van der Waals surface area (Å²) in [5, 5.41) is 0. The standard InChI is InChI=1S/C20H22N2O4S/c1-15-19(21-20(26-15)16-6-3-2-4-7-16)13-22(12-18-8-5-10-25-18)17-9-11-27(23,24)14-17/h2-8,10,17H,9,11-14H2,1H3/t17-/m1/s1. The number of furan rings is 1. The van der Waals surface area contributed by atoms with Crippen molar-refractivity contribution in [2.24, 2.45) is 0 Å². The van der Waals surface area contributed by atoms with Gasteiger partial charge in [0.2, 0.25) is 5.89 Å². The van der Waals surface area contributed by atoms with Gasteiger partial charge in [-0.05, 0) is 37.6 Å². The van der Waals surface area contributed by atoms with E-state index in [0.717, 1.165) is 22.8 Å². The lowest BCUT2D eigenvalue weighted by molar-refractivity contribution is 0.177. The molecule has 3 aromatic rings. The molecule has 1 aliphatic heterocycles. The van der Waals surface area contributed by atoms with Gasteiger partial charge in [-0.3, -0.25) is 4.90 Å². The van der Waals surface area contributed by atoms with E-state index >= 15 is 0 Å². The molecule has 1 saturated heterocycles. The number of benzene rings is 1. The third-order valence-electron chi connectivity index (χ3n) is 4.93. The molecule has 0 aliphatic carbocycles. The summed E-state index contributed by atoms with van der Waals surface area (Å²) in [5.41, 5.74) is 1.75. The molecule has 1 fully saturated rings. The van der Waals surface area contributed by atoms with Crippen molar-refractivity contribution in [3.8, 4) is 11.5 Å².